The second kappa shape index (κ2) is 10.9. The lowest BCUT2D eigenvalue weighted by Crippen LogP contribution is -2.56. The van der Waals surface area contributed by atoms with Crippen LogP contribution in [0.2, 0.25) is 5.02 Å². The summed E-state index contributed by atoms with van der Waals surface area (Å²) < 4.78 is 0. The van der Waals surface area contributed by atoms with Crippen LogP contribution in [-0.2, 0) is 25.6 Å². The van der Waals surface area contributed by atoms with Gasteiger partial charge in [0.1, 0.15) is 11.9 Å². The van der Waals surface area contributed by atoms with Crippen LogP contribution >= 0.6 is 11.6 Å². The molecule has 3 rings (SSSR count). The summed E-state index contributed by atoms with van der Waals surface area (Å²) in [5.74, 6) is -0.919. The van der Waals surface area contributed by atoms with Gasteiger partial charge in [-0.3, -0.25) is 34.4 Å². The molecule has 1 aromatic carbocycles. The minimum absolute atomic E-state index is 0.0101. The van der Waals surface area contributed by atoms with Crippen molar-refractivity contribution in [3.05, 3.63) is 58.7 Å². The van der Waals surface area contributed by atoms with Crippen LogP contribution in [0.1, 0.15) is 31.7 Å². The molecule has 2 heterocycles. The summed E-state index contributed by atoms with van der Waals surface area (Å²) in [5.41, 5.74) is 1.53. The Balaban J connectivity index is 1.68. The third-order valence-corrected chi connectivity index (χ3v) is 5.45. The van der Waals surface area contributed by atoms with Crippen molar-refractivity contribution < 1.29 is 19.2 Å². The van der Waals surface area contributed by atoms with E-state index in [1.807, 2.05) is 6.08 Å². The number of halogens is 1. The largest absolute Gasteiger partial charge is 0.352 e. The highest BCUT2D eigenvalue weighted by Crippen LogP contribution is 2.17. The summed E-state index contributed by atoms with van der Waals surface area (Å²) in [5, 5.41) is 5.73. The highest BCUT2D eigenvalue weighted by molar-refractivity contribution is 6.30. The average Bonchev–Trinajstić information content (AvgIpc) is 2.74. The Morgan fingerprint density at radius 2 is 2.00 bits per heavy atom. The number of nitrogens with zero attached hydrogens (tertiary/aromatic N) is 2. The van der Waals surface area contributed by atoms with Crippen LogP contribution < -0.4 is 10.6 Å². The van der Waals surface area contributed by atoms with E-state index in [1.54, 1.807) is 43.3 Å². The van der Waals surface area contributed by atoms with Crippen LogP contribution in [-0.4, -0.2) is 53.5 Å². The first kappa shape index (κ1) is 23.4. The first-order chi connectivity index (χ1) is 15.3. The average molecular weight is 457 g/mol. The fraction of sp³-hybridized carbons (Fsp3) is 0.348. The molecule has 168 valence electrons. The zero-order valence-electron chi connectivity index (χ0n) is 17.8. The zero-order chi connectivity index (χ0) is 23.1. The number of allylic oxidation sites excluding steroid dienone is 2. The van der Waals surface area contributed by atoms with Crippen LogP contribution in [0.3, 0.4) is 0 Å². The summed E-state index contributed by atoms with van der Waals surface area (Å²) in [7, 11) is 0. The van der Waals surface area contributed by atoms with Crippen molar-refractivity contribution in [1.29, 1.82) is 0 Å². The van der Waals surface area contributed by atoms with Crippen LogP contribution in [0.15, 0.2) is 53.1 Å². The Hall–Kier alpha value is -3.26. The highest BCUT2D eigenvalue weighted by atomic mass is 35.5. The Bertz CT molecular complexity index is 998. The summed E-state index contributed by atoms with van der Waals surface area (Å²) in [6.45, 7) is 2.21. The maximum Gasteiger partial charge on any atom is 0.249 e. The molecule has 0 spiro atoms. The second-order valence-corrected chi connectivity index (χ2v) is 8.06. The van der Waals surface area contributed by atoms with Crippen LogP contribution in [0, 0.1) is 0 Å². The number of amidine groups is 1. The minimum atomic E-state index is -0.784. The molecule has 1 saturated heterocycles. The summed E-state index contributed by atoms with van der Waals surface area (Å²) in [6.07, 6.45) is 6.02. The molecule has 0 aliphatic carbocycles. The Kier molecular flexibility index (Phi) is 7.94. The lowest BCUT2D eigenvalue weighted by Gasteiger charge is -2.33. The quantitative estimate of drug-likeness (QED) is 0.660. The summed E-state index contributed by atoms with van der Waals surface area (Å²) >= 11 is 5.87. The number of imide groups is 1. The minimum Gasteiger partial charge on any atom is -0.352 e. The number of rotatable bonds is 5. The third kappa shape index (κ3) is 6.37. The zero-order valence-corrected chi connectivity index (χ0v) is 18.5. The topological polar surface area (TPSA) is 108 Å². The van der Waals surface area contributed by atoms with E-state index < -0.39 is 11.9 Å². The normalized spacial score (nSPS) is 24.0. The number of nitrogens with one attached hydrogen (secondary N) is 2. The Morgan fingerprint density at radius 3 is 2.72 bits per heavy atom. The molecular formula is C23H25ClN4O4. The predicted octanol–water partition coefficient (Wildman–Crippen LogP) is 1.94. The van der Waals surface area contributed by atoms with Gasteiger partial charge >= 0.3 is 0 Å². The van der Waals surface area contributed by atoms with E-state index in [2.05, 4.69) is 15.6 Å². The third-order valence-electron chi connectivity index (χ3n) is 5.20. The molecule has 1 fully saturated rings. The van der Waals surface area contributed by atoms with Gasteiger partial charge in [0.15, 0.2) is 0 Å². The van der Waals surface area contributed by atoms with Crippen molar-refractivity contribution in [3.63, 3.8) is 0 Å². The molecule has 1 atom stereocenters. The van der Waals surface area contributed by atoms with Gasteiger partial charge in [0.25, 0.3) is 0 Å². The fourth-order valence-corrected chi connectivity index (χ4v) is 3.68. The van der Waals surface area contributed by atoms with Crippen LogP contribution in [0.4, 0.5) is 0 Å². The highest BCUT2D eigenvalue weighted by Gasteiger charge is 2.36. The van der Waals surface area contributed by atoms with E-state index >= 15 is 0 Å². The molecule has 2 N–H and O–H groups in total. The molecule has 4 amide bonds. The molecule has 1 aromatic rings. The first-order valence-corrected chi connectivity index (χ1v) is 10.7. The van der Waals surface area contributed by atoms with Crippen molar-refractivity contribution in [2.75, 3.05) is 13.1 Å². The van der Waals surface area contributed by atoms with Gasteiger partial charge in [-0.15, -0.1) is 0 Å². The monoisotopic (exact) mass is 456 g/mol. The molecule has 0 radical (unpaired) electrons. The van der Waals surface area contributed by atoms with E-state index in [4.69, 9.17) is 11.6 Å². The van der Waals surface area contributed by atoms with Gasteiger partial charge in [0.05, 0.1) is 19.4 Å². The molecule has 0 saturated carbocycles. The maximum absolute atomic E-state index is 13.1. The SMILES string of the molecule is C/C1=N/C/C=C\C=C(\CNC(=O)Cc2ccc(Cl)cc2)CC(=O)N1C1CCC(=O)NC1=O. The van der Waals surface area contributed by atoms with E-state index in [0.29, 0.717) is 23.0 Å². The molecule has 32 heavy (non-hydrogen) atoms. The molecule has 0 aromatic heterocycles. The Morgan fingerprint density at radius 1 is 1.25 bits per heavy atom. The van der Waals surface area contributed by atoms with Gasteiger partial charge in [-0.25, -0.2) is 0 Å². The molecule has 8 nitrogen and oxygen atoms in total. The van der Waals surface area contributed by atoms with E-state index in [9.17, 15) is 19.2 Å². The Labute approximate surface area is 191 Å². The number of carbonyl (C=O) groups is 4. The van der Waals surface area contributed by atoms with E-state index in [-0.39, 0.29) is 49.9 Å². The van der Waals surface area contributed by atoms with Gasteiger partial charge in [-0.1, -0.05) is 42.0 Å². The summed E-state index contributed by atoms with van der Waals surface area (Å²) in [6, 6.07) is 6.25. The first-order valence-electron chi connectivity index (χ1n) is 10.4. The van der Waals surface area contributed by atoms with Crippen molar-refractivity contribution >= 4 is 41.1 Å². The number of piperidine rings is 1. The predicted molar refractivity (Wildman–Crippen MR) is 121 cm³/mol. The number of benzene rings is 1. The lowest BCUT2D eigenvalue weighted by molar-refractivity contribution is -0.142. The van der Waals surface area contributed by atoms with E-state index in [1.165, 1.54) is 4.90 Å². The molecule has 2 aliphatic rings. The maximum atomic E-state index is 13.1. The second-order valence-electron chi connectivity index (χ2n) is 7.63. The van der Waals surface area contributed by atoms with Crippen LogP contribution in [0.5, 0.6) is 0 Å². The number of aliphatic imine (C=N–C) groups is 1. The molecule has 0 bridgehead atoms. The number of hydrogen-bond donors (Lipinski definition) is 2. The van der Waals surface area contributed by atoms with Gasteiger partial charge in [-0.2, -0.15) is 0 Å². The molecular weight excluding hydrogens is 432 g/mol. The van der Waals surface area contributed by atoms with Gasteiger partial charge in [0, 0.05) is 18.0 Å². The number of amides is 4. The van der Waals surface area contributed by atoms with Crippen molar-refractivity contribution in [1.82, 2.24) is 15.5 Å². The van der Waals surface area contributed by atoms with E-state index in [0.717, 1.165) is 5.56 Å². The number of hydrogen-bond acceptors (Lipinski definition) is 5. The van der Waals surface area contributed by atoms with Crippen LogP contribution in [0.25, 0.3) is 0 Å². The molecule has 1 unspecified atom stereocenters. The smallest absolute Gasteiger partial charge is 0.249 e. The standard InChI is InChI=1S/C23H25ClN4O4/c1-15-25-11-3-2-4-17(14-26-21(30)12-16-5-7-18(24)8-6-16)13-22(31)28(15)19-9-10-20(29)27-23(19)32/h2-8,19H,9-14H2,1H3,(H,26,30)(H,27,29,32)/b3-2-,17-4+,25-15-. The van der Waals surface area contributed by atoms with Crippen molar-refractivity contribution in [2.45, 2.75) is 38.6 Å². The van der Waals surface area contributed by atoms with Crippen molar-refractivity contribution in [2.24, 2.45) is 4.99 Å². The summed E-state index contributed by atoms with van der Waals surface area (Å²) in [4.78, 5) is 55.1. The number of carbonyl (C=O) groups excluding carboxylic acids is 4. The lowest BCUT2D eigenvalue weighted by atomic mass is 10.0. The van der Waals surface area contributed by atoms with Gasteiger partial charge < -0.3 is 5.32 Å². The van der Waals surface area contributed by atoms with Crippen molar-refractivity contribution in [3.8, 4) is 0 Å². The fourth-order valence-electron chi connectivity index (χ4n) is 3.56. The molecule has 2 aliphatic heterocycles. The molecule has 9 heteroatoms. The van der Waals surface area contributed by atoms with Gasteiger partial charge in [-0.05, 0) is 36.6 Å². The van der Waals surface area contributed by atoms with Gasteiger partial charge in [0.2, 0.25) is 23.6 Å².